The summed E-state index contributed by atoms with van der Waals surface area (Å²) in [7, 11) is 3.86. The summed E-state index contributed by atoms with van der Waals surface area (Å²) in [4.78, 5) is 29.0. The number of halogens is 1. The Hall–Kier alpha value is -1.75. The van der Waals surface area contributed by atoms with E-state index >= 15 is 0 Å². The first-order valence-corrected chi connectivity index (χ1v) is 9.40. The van der Waals surface area contributed by atoms with Crippen LogP contribution in [0.15, 0.2) is 18.2 Å². The molecule has 2 aliphatic rings. The molecule has 1 N–H and O–H groups in total. The van der Waals surface area contributed by atoms with Crippen molar-refractivity contribution in [3.8, 4) is 0 Å². The number of carbonyl (C=O) groups is 2. The normalized spacial score (nSPS) is 21.5. The van der Waals surface area contributed by atoms with Gasteiger partial charge in [-0.1, -0.05) is 24.4 Å². The molecule has 1 heterocycles. The molecule has 1 aromatic carbocycles. The Bertz CT molecular complexity index is 656. The lowest BCUT2D eigenvalue weighted by Crippen LogP contribution is -2.48. The fraction of sp³-hybridized carbons (Fsp3) is 0.579. The van der Waals surface area contributed by atoms with Crippen LogP contribution in [0.2, 0.25) is 5.02 Å². The molecule has 0 aromatic heterocycles. The van der Waals surface area contributed by atoms with E-state index in [-0.39, 0.29) is 17.7 Å². The quantitative estimate of drug-likeness (QED) is 0.890. The van der Waals surface area contributed by atoms with Gasteiger partial charge in [-0.3, -0.25) is 9.59 Å². The lowest BCUT2D eigenvalue weighted by atomic mass is 9.94. The zero-order chi connectivity index (χ0) is 18.0. The van der Waals surface area contributed by atoms with E-state index in [1.165, 1.54) is 12.8 Å². The second-order valence-electron chi connectivity index (χ2n) is 7.27. The molecule has 3 rings (SSSR count). The summed E-state index contributed by atoms with van der Waals surface area (Å²) in [5.74, 6) is 0.0147. The highest BCUT2D eigenvalue weighted by Gasteiger charge is 2.35. The number of benzene rings is 1. The molecule has 0 radical (unpaired) electrons. The molecule has 1 saturated heterocycles. The fourth-order valence-corrected chi connectivity index (χ4v) is 4.06. The molecule has 1 aliphatic heterocycles. The molecule has 1 aliphatic carbocycles. The van der Waals surface area contributed by atoms with Gasteiger partial charge < -0.3 is 15.1 Å². The first kappa shape index (κ1) is 18.1. The van der Waals surface area contributed by atoms with Crippen LogP contribution < -0.4 is 10.2 Å². The average Bonchev–Trinajstić information content (AvgIpc) is 3.09. The van der Waals surface area contributed by atoms with E-state index in [0.29, 0.717) is 36.1 Å². The van der Waals surface area contributed by atoms with Gasteiger partial charge in [-0.2, -0.15) is 0 Å². The van der Waals surface area contributed by atoms with Gasteiger partial charge in [-0.15, -0.1) is 0 Å². The van der Waals surface area contributed by atoms with Crippen LogP contribution in [0, 0.1) is 5.92 Å². The van der Waals surface area contributed by atoms with Crippen LogP contribution in [0.25, 0.3) is 0 Å². The molecule has 2 amide bonds. The Labute approximate surface area is 154 Å². The number of nitrogens with one attached hydrogen (secondary N) is 1. The summed E-state index contributed by atoms with van der Waals surface area (Å²) in [6.45, 7) is 0.535. The molecular formula is C19H26ClN3O2. The maximum absolute atomic E-state index is 12.8. The summed E-state index contributed by atoms with van der Waals surface area (Å²) >= 11 is 6.10. The zero-order valence-corrected chi connectivity index (χ0v) is 15.7. The summed E-state index contributed by atoms with van der Waals surface area (Å²) < 4.78 is 0. The van der Waals surface area contributed by atoms with Gasteiger partial charge in [0.2, 0.25) is 11.8 Å². The Morgan fingerprint density at radius 2 is 1.96 bits per heavy atom. The molecule has 1 atom stereocenters. The van der Waals surface area contributed by atoms with Crippen LogP contribution in [0.1, 0.15) is 38.5 Å². The average molecular weight is 364 g/mol. The van der Waals surface area contributed by atoms with Gasteiger partial charge >= 0.3 is 0 Å². The van der Waals surface area contributed by atoms with E-state index in [0.717, 1.165) is 18.5 Å². The predicted molar refractivity (Wildman–Crippen MR) is 101 cm³/mol. The number of hydrogen-bond donors (Lipinski definition) is 1. The smallest absolute Gasteiger partial charge is 0.229 e. The summed E-state index contributed by atoms with van der Waals surface area (Å²) in [5, 5.41) is 3.62. The standard InChI is InChI=1S/C19H26ClN3O2/c1-22(2)17-9-8-14(20)11-16(17)21-19(25)13-7-10-18(24)23(12-13)15-5-3-4-6-15/h8-9,11,13,15H,3-7,10,12H2,1-2H3,(H,21,25). The molecule has 136 valence electrons. The Balaban J connectivity index is 1.71. The first-order valence-electron chi connectivity index (χ1n) is 9.03. The molecule has 1 aromatic rings. The van der Waals surface area contributed by atoms with E-state index in [1.807, 2.05) is 36.0 Å². The fourth-order valence-electron chi connectivity index (χ4n) is 3.89. The van der Waals surface area contributed by atoms with Gasteiger partial charge in [0.1, 0.15) is 0 Å². The molecule has 6 heteroatoms. The van der Waals surface area contributed by atoms with E-state index in [4.69, 9.17) is 11.6 Å². The minimum absolute atomic E-state index is 0.0270. The second kappa shape index (κ2) is 7.65. The number of likely N-dealkylation sites (tertiary alicyclic amines) is 1. The van der Waals surface area contributed by atoms with E-state index in [9.17, 15) is 9.59 Å². The van der Waals surface area contributed by atoms with Crippen LogP contribution in [-0.4, -0.2) is 43.4 Å². The Morgan fingerprint density at radius 1 is 1.24 bits per heavy atom. The highest BCUT2D eigenvalue weighted by molar-refractivity contribution is 6.31. The van der Waals surface area contributed by atoms with Gasteiger partial charge in [-0.05, 0) is 37.5 Å². The van der Waals surface area contributed by atoms with E-state index in [2.05, 4.69) is 5.32 Å². The minimum Gasteiger partial charge on any atom is -0.376 e. The van der Waals surface area contributed by atoms with Crippen molar-refractivity contribution >= 4 is 34.8 Å². The Morgan fingerprint density at radius 3 is 2.64 bits per heavy atom. The highest BCUT2D eigenvalue weighted by Crippen LogP contribution is 2.31. The molecule has 0 bridgehead atoms. The Kier molecular flexibility index (Phi) is 5.52. The summed E-state index contributed by atoms with van der Waals surface area (Å²) in [5.41, 5.74) is 1.63. The van der Waals surface area contributed by atoms with Crippen LogP contribution in [0.4, 0.5) is 11.4 Å². The molecule has 2 fully saturated rings. The van der Waals surface area contributed by atoms with Gasteiger partial charge in [0, 0.05) is 38.1 Å². The number of amides is 2. The maximum atomic E-state index is 12.8. The largest absolute Gasteiger partial charge is 0.376 e. The number of nitrogens with zero attached hydrogens (tertiary/aromatic N) is 2. The van der Waals surface area contributed by atoms with Crippen molar-refractivity contribution in [3.63, 3.8) is 0 Å². The van der Waals surface area contributed by atoms with Crippen molar-refractivity contribution in [2.75, 3.05) is 30.9 Å². The number of hydrogen-bond acceptors (Lipinski definition) is 3. The predicted octanol–water partition coefficient (Wildman–Crippen LogP) is 3.53. The van der Waals surface area contributed by atoms with Crippen molar-refractivity contribution in [2.45, 2.75) is 44.6 Å². The van der Waals surface area contributed by atoms with E-state index < -0.39 is 0 Å². The topological polar surface area (TPSA) is 52.7 Å². The van der Waals surface area contributed by atoms with Crippen LogP contribution in [0.3, 0.4) is 0 Å². The maximum Gasteiger partial charge on any atom is 0.229 e. The molecular weight excluding hydrogens is 338 g/mol. The van der Waals surface area contributed by atoms with E-state index in [1.54, 1.807) is 6.07 Å². The summed E-state index contributed by atoms with van der Waals surface area (Å²) in [6, 6.07) is 5.81. The van der Waals surface area contributed by atoms with Gasteiger partial charge in [0.05, 0.1) is 17.3 Å². The van der Waals surface area contributed by atoms with Crippen molar-refractivity contribution < 1.29 is 9.59 Å². The van der Waals surface area contributed by atoms with Gasteiger partial charge in [0.25, 0.3) is 0 Å². The van der Waals surface area contributed by atoms with Crippen LogP contribution in [0.5, 0.6) is 0 Å². The van der Waals surface area contributed by atoms with Crippen molar-refractivity contribution in [1.29, 1.82) is 0 Å². The zero-order valence-electron chi connectivity index (χ0n) is 14.9. The molecule has 25 heavy (non-hydrogen) atoms. The molecule has 0 spiro atoms. The van der Waals surface area contributed by atoms with Crippen LogP contribution >= 0.6 is 11.6 Å². The third-order valence-corrected chi connectivity index (χ3v) is 5.51. The van der Waals surface area contributed by atoms with Gasteiger partial charge in [0.15, 0.2) is 0 Å². The monoisotopic (exact) mass is 363 g/mol. The molecule has 1 saturated carbocycles. The number of piperidine rings is 1. The number of anilines is 2. The SMILES string of the molecule is CN(C)c1ccc(Cl)cc1NC(=O)C1CCC(=O)N(C2CCCC2)C1. The molecule has 1 unspecified atom stereocenters. The highest BCUT2D eigenvalue weighted by atomic mass is 35.5. The third kappa shape index (κ3) is 4.09. The van der Waals surface area contributed by atoms with Gasteiger partial charge in [-0.25, -0.2) is 0 Å². The molecule has 5 nitrogen and oxygen atoms in total. The van der Waals surface area contributed by atoms with Crippen LogP contribution in [-0.2, 0) is 9.59 Å². The number of carbonyl (C=O) groups excluding carboxylic acids is 2. The first-order chi connectivity index (χ1) is 12.0. The van der Waals surface area contributed by atoms with Crippen molar-refractivity contribution in [3.05, 3.63) is 23.2 Å². The number of rotatable bonds is 4. The third-order valence-electron chi connectivity index (χ3n) is 5.28. The van der Waals surface area contributed by atoms with Crippen molar-refractivity contribution in [1.82, 2.24) is 4.90 Å². The minimum atomic E-state index is -0.160. The second-order valence-corrected chi connectivity index (χ2v) is 7.70. The lowest BCUT2D eigenvalue weighted by Gasteiger charge is -2.36. The summed E-state index contributed by atoms with van der Waals surface area (Å²) in [6.07, 6.45) is 5.58. The van der Waals surface area contributed by atoms with Crippen molar-refractivity contribution in [2.24, 2.45) is 5.92 Å². The lowest BCUT2D eigenvalue weighted by molar-refractivity contribution is -0.139.